The topological polar surface area (TPSA) is 263 Å². The van der Waals surface area contributed by atoms with E-state index in [2.05, 4.69) is 4.52 Å². The molecule has 0 radical (unpaired) electrons. The van der Waals surface area contributed by atoms with Gasteiger partial charge in [0.15, 0.2) is 6.04 Å². The van der Waals surface area contributed by atoms with Gasteiger partial charge in [-0.15, -0.1) is 0 Å². The molecule has 2 unspecified atom stereocenters. The third kappa shape index (κ3) is 11.8. The van der Waals surface area contributed by atoms with Crippen LogP contribution in [0.1, 0.15) is 25.7 Å². The molecule has 0 aromatic rings. The van der Waals surface area contributed by atoms with E-state index in [1.807, 2.05) is 5.32 Å². The van der Waals surface area contributed by atoms with Crippen LogP contribution in [0.15, 0.2) is 0 Å². The molecule has 166 valence electrons. The molecule has 0 bridgehead atoms. The lowest BCUT2D eigenvalue weighted by atomic mass is 10.1. The fourth-order valence-electron chi connectivity index (χ4n) is 1.77. The van der Waals surface area contributed by atoms with E-state index in [0.717, 1.165) is 0 Å². The minimum absolute atomic E-state index is 0.293. The summed E-state index contributed by atoms with van der Waals surface area (Å²) in [5, 5.41) is 38.7. The summed E-state index contributed by atoms with van der Waals surface area (Å²) >= 11 is 0. The predicted octanol–water partition coefficient (Wildman–Crippen LogP) is -2.23. The number of rotatable bonds is 15. The first-order chi connectivity index (χ1) is 13.2. The van der Waals surface area contributed by atoms with Crippen molar-refractivity contribution >= 4 is 37.5 Å². The lowest BCUT2D eigenvalue weighted by Crippen LogP contribution is -2.45. The largest absolute Gasteiger partial charge is 0.481 e. The SMILES string of the molecule is N[C@@H](CCC(=O)N[C@@H](COP(=O)(O)NC(CCC(=O)O)C(=O)O)C(=O)O)C(=O)O. The molecule has 0 saturated carbocycles. The maximum absolute atomic E-state index is 11.9. The number of hydrogen-bond donors (Lipinski definition) is 8. The van der Waals surface area contributed by atoms with Crippen molar-refractivity contribution < 1.29 is 58.4 Å². The molecule has 0 aliphatic heterocycles. The summed E-state index contributed by atoms with van der Waals surface area (Å²) in [4.78, 5) is 64.5. The summed E-state index contributed by atoms with van der Waals surface area (Å²) < 4.78 is 16.4. The molecule has 0 spiro atoms. The average Bonchev–Trinajstić information content (AvgIpc) is 2.59. The van der Waals surface area contributed by atoms with Crippen molar-refractivity contribution in [2.45, 2.75) is 43.8 Å². The summed E-state index contributed by atoms with van der Waals surface area (Å²) in [5.74, 6) is -6.91. The van der Waals surface area contributed by atoms with Crippen molar-refractivity contribution in [2.24, 2.45) is 5.73 Å². The average molecular weight is 443 g/mol. The molecular weight excluding hydrogens is 421 g/mol. The van der Waals surface area contributed by atoms with Gasteiger partial charge >= 0.3 is 31.6 Å². The molecule has 0 heterocycles. The number of hydrogen-bond acceptors (Lipinski definition) is 8. The first-order valence-electron chi connectivity index (χ1n) is 7.95. The highest BCUT2D eigenvalue weighted by atomic mass is 31.2. The Morgan fingerprint density at radius 2 is 1.45 bits per heavy atom. The molecule has 0 saturated heterocycles. The monoisotopic (exact) mass is 443 g/mol. The van der Waals surface area contributed by atoms with Gasteiger partial charge in [0.05, 0.1) is 6.61 Å². The minimum Gasteiger partial charge on any atom is -0.481 e. The second-order valence-electron chi connectivity index (χ2n) is 5.71. The Kier molecular flexibility index (Phi) is 11.0. The fraction of sp³-hybridized carbons (Fsp3) is 0.615. The molecule has 0 fully saturated rings. The Morgan fingerprint density at radius 1 is 0.897 bits per heavy atom. The van der Waals surface area contributed by atoms with E-state index in [1.54, 1.807) is 5.09 Å². The first-order valence-corrected chi connectivity index (χ1v) is 9.53. The van der Waals surface area contributed by atoms with E-state index < -0.39 is 81.5 Å². The van der Waals surface area contributed by atoms with Gasteiger partial charge < -0.3 is 36.4 Å². The quantitative estimate of drug-likeness (QED) is 0.125. The first kappa shape index (κ1) is 26.4. The molecule has 16 heteroatoms. The van der Waals surface area contributed by atoms with E-state index in [0.29, 0.717) is 0 Å². The summed E-state index contributed by atoms with van der Waals surface area (Å²) in [6.07, 6.45) is -1.92. The van der Waals surface area contributed by atoms with Crippen molar-refractivity contribution in [3.63, 3.8) is 0 Å². The van der Waals surface area contributed by atoms with Crippen molar-refractivity contribution in [1.29, 1.82) is 0 Å². The zero-order valence-electron chi connectivity index (χ0n) is 14.9. The van der Waals surface area contributed by atoms with Crippen molar-refractivity contribution in [3.05, 3.63) is 0 Å². The van der Waals surface area contributed by atoms with E-state index in [1.165, 1.54) is 0 Å². The van der Waals surface area contributed by atoms with Crippen LogP contribution in [0, 0.1) is 0 Å². The molecule has 0 aromatic carbocycles. The normalized spacial score (nSPS) is 16.1. The molecule has 0 aliphatic rings. The standard InChI is InChI=1S/C13H22N3O12P/c14-6(11(20)21)1-3-9(17)15-8(13(24)25)5-28-29(26,27)16-7(12(22)23)2-4-10(18)19/h6-8H,1-5,14H2,(H,15,17)(H,18,19)(H,20,21)(H,22,23)(H,24,25)(H2,16,26,27)/t6-,7?,8-/m0/s1. The molecule has 0 aliphatic carbocycles. The van der Waals surface area contributed by atoms with Crippen LogP contribution in [0.25, 0.3) is 0 Å². The number of carbonyl (C=O) groups is 5. The summed E-state index contributed by atoms with van der Waals surface area (Å²) in [7, 11) is -4.88. The predicted molar refractivity (Wildman–Crippen MR) is 91.6 cm³/mol. The number of nitrogens with two attached hydrogens (primary N) is 1. The van der Waals surface area contributed by atoms with Gasteiger partial charge in [-0.3, -0.25) is 23.7 Å². The highest BCUT2D eigenvalue weighted by Crippen LogP contribution is 2.38. The summed E-state index contributed by atoms with van der Waals surface area (Å²) in [5.41, 5.74) is 5.20. The molecule has 0 aromatic heterocycles. The third-order valence-corrected chi connectivity index (χ3v) is 4.45. The molecule has 9 N–H and O–H groups in total. The highest BCUT2D eigenvalue weighted by Gasteiger charge is 2.31. The van der Waals surface area contributed by atoms with Crippen LogP contribution in [0.2, 0.25) is 0 Å². The molecule has 0 rings (SSSR count). The van der Waals surface area contributed by atoms with E-state index in [-0.39, 0.29) is 6.42 Å². The van der Waals surface area contributed by atoms with Crippen LogP contribution in [-0.2, 0) is 33.1 Å². The van der Waals surface area contributed by atoms with Gasteiger partial charge in [0.1, 0.15) is 12.1 Å². The Bertz CT molecular complexity index is 684. The van der Waals surface area contributed by atoms with E-state index in [4.69, 9.17) is 26.2 Å². The maximum atomic E-state index is 11.9. The van der Waals surface area contributed by atoms with Crippen LogP contribution < -0.4 is 16.1 Å². The molecule has 15 nitrogen and oxygen atoms in total. The number of carboxylic acids is 4. The van der Waals surface area contributed by atoms with Crippen LogP contribution in [0.5, 0.6) is 0 Å². The van der Waals surface area contributed by atoms with Crippen molar-refractivity contribution in [2.75, 3.05) is 6.61 Å². The third-order valence-electron chi connectivity index (χ3n) is 3.31. The molecule has 1 amide bonds. The van der Waals surface area contributed by atoms with Crippen molar-refractivity contribution in [3.8, 4) is 0 Å². The van der Waals surface area contributed by atoms with Crippen LogP contribution in [0.4, 0.5) is 0 Å². The zero-order valence-corrected chi connectivity index (χ0v) is 15.8. The second-order valence-corrected chi connectivity index (χ2v) is 7.27. The Balaban J connectivity index is 4.79. The zero-order chi connectivity index (χ0) is 22.8. The van der Waals surface area contributed by atoms with E-state index in [9.17, 15) is 33.4 Å². The molecular formula is C13H22N3O12P. The minimum atomic E-state index is -4.88. The van der Waals surface area contributed by atoms with Gasteiger partial charge in [-0.25, -0.2) is 14.4 Å². The van der Waals surface area contributed by atoms with Crippen molar-refractivity contribution in [1.82, 2.24) is 10.4 Å². The Morgan fingerprint density at radius 3 is 1.90 bits per heavy atom. The van der Waals surface area contributed by atoms with Gasteiger partial charge in [-0.05, 0) is 12.8 Å². The smallest absolute Gasteiger partial charge is 0.403 e. The lowest BCUT2D eigenvalue weighted by Gasteiger charge is -2.21. The second kappa shape index (κ2) is 12.1. The summed E-state index contributed by atoms with van der Waals surface area (Å²) in [6.45, 7) is -1.04. The molecule has 29 heavy (non-hydrogen) atoms. The van der Waals surface area contributed by atoms with Gasteiger partial charge in [-0.2, -0.15) is 0 Å². The lowest BCUT2D eigenvalue weighted by molar-refractivity contribution is -0.143. The number of aliphatic carboxylic acids is 4. The van der Waals surface area contributed by atoms with Gasteiger partial charge in [0, 0.05) is 12.8 Å². The maximum Gasteiger partial charge on any atom is 0.403 e. The number of carbonyl (C=O) groups excluding carboxylic acids is 1. The number of nitrogens with one attached hydrogen (secondary N) is 2. The van der Waals surface area contributed by atoms with Crippen LogP contribution >= 0.6 is 7.75 Å². The van der Waals surface area contributed by atoms with Gasteiger partial charge in [0.2, 0.25) is 5.91 Å². The summed E-state index contributed by atoms with van der Waals surface area (Å²) in [6, 6.07) is -4.92. The van der Waals surface area contributed by atoms with E-state index >= 15 is 0 Å². The van der Waals surface area contributed by atoms with Gasteiger partial charge in [0.25, 0.3) is 0 Å². The number of amides is 1. The fourth-order valence-corrected chi connectivity index (χ4v) is 2.83. The van der Waals surface area contributed by atoms with Crippen LogP contribution in [-0.4, -0.2) is 79.8 Å². The van der Waals surface area contributed by atoms with Gasteiger partial charge in [-0.1, -0.05) is 0 Å². The van der Waals surface area contributed by atoms with Crippen LogP contribution in [0.3, 0.4) is 0 Å². The number of carboxylic acid groups (broad SMARTS) is 4. The Labute approximate surface area is 163 Å². The highest BCUT2D eigenvalue weighted by molar-refractivity contribution is 7.50. The Hall–Kier alpha value is -2.58. The molecule has 4 atom stereocenters.